The molecule has 1 aromatic rings. The van der Waals surface area contributed by atoms with Crippen molar-refractivity contribution in [3.05, 3.63) is 35.9 Å². The Morgan fingerprint density at radius 1 is 1.21 bits per heavy atom. The molecular weight excluding hydrogens is 172 g/mol. The summed E-state index contributed by atoms with van der Waals surface area (Å²) >= 11 is 0. The number of rotatable bonds is 3. The minimum atomic E-state index is 0.211. The standard InChI is InChI=1S/C13H16O/c1-12(10-13(12)7-8-13)14-9-11-5-3-2-4-6-11/h2-6H,7-10H2,1H3. The van der Waals surface area contributed by atoms with Gasteiger partial charge in [-0.25, -0.2) is 0 Å². The van der Waals surface area contributed by atoms with Crippen LogP contribution in [0.15, 0.2) is 30.3 Å². The summed E-state index contributed by atoms with van der Waals surface area (Å²) in [5, 5.41) is 0. The van der Waals surface area contributed by atoms with Gasteiger partial charge in [-0.15, -0.1) is 0 Å². The van der Waals surface area contributed by atoms with Crippen molar-refractivity contribution in [1.29, 1.82) is 0 Å². The lowest BCUT2D eigenvalue weighted by atomic mass is 10.2. The monoisotopic (exact) mass is 188 g/mol. The van der Waals surface area contributed by atoms with Crippen LogP contribution in [0.2, 0.25) is 0 Å². The van der Waals surface area contributed by atoms with Gasteiger partial charge in [0.1, 0.15) is 0 Å². The van der Waals surface area contributed by atoms with Crippen LogP contribution in [0.25, 0.3) is 0 Å². The smallest absolute Gasteiger partial charge is 0.0724 e. The third-order valence-electron chi connectivity index (χ3n) is 3.93. The van der Waals surface area contributed by atoms with Crippen molar-refractivity contribution in [3.63, 3.8) is 0 Å². The molecule has 0 radical (unpaired) electrons. The Kier molecular flexibility index (Phi) is 1.58. The molecule has 2 fully saturated rings. The van der Waals surface area contributed by atoms with Crippen molar-refractivity contribution in [2.24, 2.45) is 5.41 Å². The molecule has 0 aliphatic heterocycles. The van der Waals surface area contributed by atoms with Crippen LogP contribution < -0.4 is 0 Å². The van der Waals surface area contributed by atoms with Crippen molar-refractivity contribution in [2.75, 3.05) is 0 Å². The molecule has 0 bridgehead atoms. The molecule has 1 aromatic carbocycles. The molecule has 1 heteroatoms. The molecule has 3 rings (SSSR count). The van der Waals surface area contributed by atoms with E-state index in [-0.39, 0.29) is 5.60 Å². The largest absolute Gasteiger partial charge is 0.370 e. The first kappa shape index (κ1) is 8.49. The van der Waals surface area contributed by atoms with Crippen LogP contribution in [0.4, 0.5) is 0 Å². The van der Waals surface area contributed by atoms with Gasteiger partial charge in [0, 0.05) is 5.41 Å². The van der Waals surface area contributed by atoms with Gasteiger partial charge in [0.15, 0.2) is 0 Å². The van der Waals surface area contributed by atoms with Gasteiger partial charge in [-0.1, -0.05) is 30.3 Å². The van der Waals surface area contributed by atoms with Crippen LogP contribution in [-0.4, -0.2) is 5.60 Å². The van der Waals surface area contributed by atoms with Crippen molar-refractivity contribution in [1.82, 2.24) is 0 Å². The Hall–Kier alpha value is -0.820. The fourth-order valence-corrected chi connectivity index (χ4v) is 2.48. The average Bonchev–Trinajstić information content (AvgIpc) is 3.08. The van der Waals surface area contributed by atoms with Crippen molar-refractivity contribution in [3.8, 4) is 0 Å². The highest BCUT2D eigenvalue weighted by Crippen LogP contribution is 2.74. The minimum absolute atomic E-state index is 0.211. The minimum Gasteiger partial charge on any atom is -0.370 e. The fourth-order valence-electron chi connectivity index (χ4n) is 2.48. The highest BCUT2D eigenvalue weighted by Gasteiger charge is 2.72. The topological polar surface area (TPSA) is 9.23 Å². The Morgan fingerprint density at radius 2 is 1.93 bits per heavy atom. The maximum atomic E-state index is 6.00. The summed E-state index contributed by atoms with van der Waals surface area (Å²) in [4.78, 5) is 0. The molecule has 2 saturated carbocycles. The van der Waals surface area contributed by atoms with E-state index in [1.807, 2.05) is 6.07 Å². The first-order chi connectivity index (χ1) is 6.74. The van der Waals surface area contributed by atoms with E-state index in [1.54, 1.807) is 0 Å². The quantitative estimate of drug-likeness (QED) is 0.708. The van der Waals surface area contributed by atoms with Crippen molar-refractivity contribution >= 4 is 0 Å². The second-order valence-corrected chi connectivity index (χ2v) is 4.96. The molecule has 1 nitrogen and oxygen atoms in total. The summed E-state index contributed by atoms with van der Waals surface area (Å²) in [6.07, 6.45) is 4.06. The van der Waals surface area contributed by atoms with Gasteiger partial charge in [0.2, 0.25) is 0 Å². The van der Waals surface area contributed by atoms with E-state index in [0.29, 0.717) is 5.41 Å². The second-order valence-electron chi connectivity index (χ2n) is 4.96. The first-order valence-corrected chi connectivity index (χ1v) is 5.42. The fraction of sp³-hybridized carbons (Fsp3) is 0.538. The van der Waals surface area contributed by atoms with Crippen LogP contribution in [0, 0.1) is 5.41 Å². The van der Waals surface area contributed by atoms with Gasteiger partial charge >= 0.3 is 0 Å². The SMILES string of the molecule is CC1(OCc2ccccc2)CC12CC2. The van der Waals surface area contributed by atoms with Gasteiger partial charge in [-0.2, -0.15) is 0 Å². The number of hydrogen-bond donors (Lipinski definition) is 0. The molecule has 2 aliphatic rings. The summed E-state index contributed by atoms with van der Waals surface area (Å²) in [5.41, 5.74) is 2.11. The molecule has 0 heterocycles. The first-order valence-electron chi connectivity index (χ1n) is 5.42. The summed E-state index contributed by atoms with van der Waals surface area (Å²) in [5.74, 6) is 0. The molecule has 1 spiro atoms. The van der Waals surface area contributed by atoms with Gasteiger partial charge in [0.05, 0.1) is 12.2 Å². The molecule has 1 unspecified atom stereocenters. The Balaban J connectivity index is 1.60. The number of benzene rings is 1. The van der Waals surface area contributed by atoms with E-state index in [4.69, 9.17) is 4.74 Å². The zero-order valence-electron chi connectivity index (χ0n) is 8.62. The zero-order valence-corrected chi connectivity index (χ0v) is 8.62. The van der Waals surface area contributed by atoms with E-state index < -0.39 is 0 Å². The lowest BCUT2D eigenvalue weighted by molar-refractivity contribution is 0.0178. The van der Waals surface area contributed by atoms with E-state index in [1.165, 1.54) is 24.8 Å². The Morgan fingerprint density at radius 3 is 2.50 bits per heavy atom. The average molecular weight is 188 g/mol. The summed E-state index contributed by atoms with van der Waals surface area (Å²) in [6.45, 7) is 3.04. The normalized spacial score (nSPS) is 31.8. The van der Waals surface area contributed by atoms with Crippen LogP contribution >= 0.6 is 0 Å². The zero-order chi connectivity index (χ0) is 9.65. The maximum Gasteiger partial charge on any atom is 0.0724 e. The molecule has 14 heavy (non-hydrogen) atoms. The predicted molar refractivity (Wildman–Crippen MR) is 55.9 cm³/mol. The highest BCUT2D eigenvalue weighted by atomic mass is 16.5. The van der Waals surface area contributed by atoms with E-state index in [0.717, 1.165) is 6.61 Å². The summed E-state index contributed by atoms with van der Waals surface area (Å²) in [7, 11) is 0. The molecule has 2 aliphatic carbocycles. The Labute approximate surface area is 85.1 Å². The second kappa shape index (κ2) is 2.60. The third kappa shape index (κ3) is 1.19. The predicted octanol–water partition coefficient (Wildman–Crippen LogP) is 3.15. The molecule has 74 valence electrons. The highest BCUT2D eigenvalue weighted by molar-refractivity contribution is 5.24. The van der Waals surface area contributed by atoms with Crippen molar-refractivity contribution in [2.45, 2.75) is 38.4 Å². The van der Waals surface area contributed by atoms with Gasteiger partial charge < -0.3 is 4.74 Å². The molecule has 0 saturated heterocycles. The van der Waals surface area contributed by atoms with E-state index >= 15 is 0 Å². The number of ether oxygens (including phenoxy) is 1. The van der Waals surface area contributed by atoms with Crippen LogP contribution in [0.3, 0.4) is 0 Å². The maximum absolute atomic E-state index is 6.00. The Bertz CT molecular complexity index is 340. The molecule has 1 atom stereocenters. The van der Waals surface area contributed by atoms with E-state index in [9.17, 15) is 0 Å². The molecular formula is C13H16O. The van der Waals surface area contributed by atoms with Crippen molar-refractivity contribution < 1.29 is 4.74 Å². The molecule has 0 N–H and O–H groups in total. The van der Waals surface area contributed by atoms with E-state index in [2.05, 4.69) is 31.2 Å². The van der Waals surface area contributed by atoms with Crippen LogP contribution in [0.1, 0.15) is 31.7 Å². The molecule has 0 amide bonds. The van der Waals surface area contributed by atoms with Crippen LogP contribution in [0.5, 0.6) is 0 Å². The van der Waals surface area contributed by atoms with Crippen LogP contribution in [-0.2, 0) is 11.3 Å². The summed E-state index contributed by atoms with van der Waals surface area (Å²) in [6, 6.07) is 10.4. The van der Waals surface area contributed by atoms with Gasteiger partial charge in [0.25, 0.3) is 0 Å². The number of hydrogen-bond acceptors (Lipinski definition) is 1. The lowest BCUT2D eigenvalue weighted by Gasteiger charge is -2.12. The lowest BCUT2D eigenvalue weighted by Crippen LogP contribution is -2.12. The molecule has 0 aromatic heterocycles. The third-order valence-corrected chi connectivity index (χ3v) is 3.93. The summed E-state index contributed by atoms with van der Waals surface area (Å²) < 4.78 is 6.00. The van der Waals surface area contributed by atoms with Gasteiger partial charge in [-0.3, -0.25) is 0 Å². The van der Waals surface area contributed by atoms with Gasteiger partial charge in [-0.05, 0) is 31.7 Å².